The van der Waals surface area contributed by atoms with Gasteiger partial charge in [-0.25, -0.2) is 4.79 Å². The summed E-state index contributed by atoms with van der Waals surface area (Å²) in [4.78, 5) is 21.7. The second kappa shape index (κ2) is 7.07. The molecule has 0 bridgehead atoms. The van der Waals surface area contributed by atoms with Crippen LogP contribution in [-0.4, -0.2) is 30.7 Å². The maximum absolute atomic E-state index is 11.7. The molecule has 0 aliphatic rings. The van der Waals surface area contributed by atoms with Crippen LogP contribution >= 0.6 is 15.9 Å². The largest absolute Gasteiger partial charge is 0.460 e. The first-order chi connectivity index (χ1) is 8.56. The lowest BCUT2D eigenvalue weighted by Gasteiger charge is -2.06. The lowest BCUT2D eigenvalue weighted by Crippen LogP contribution is -2.11. The minimum Gasteiger partial charge on any atom is -0.460 e. The van der Waals surface area contributed by atoms with Crippen molar-refractivity contribution in [2.45, 2.75) is 6.92 Å². The number of carbonyl (C=O) groups is 1. The summed E-state index contributed by atoms with van der Waals surface area (Å²) in [5, 5.41) is 10.6. The molecule has 0 aromatic heterocycles. The van der Waals surface area contributed by atoms with Gasteiger partial charge in [0.15, 0.2) is 0 Å². The Morgan fingerprint density at radius 3 is 2.78 bits per heavy atom. The normalized spacial score (nSPS) is 10.1. The number of rotatable bonds is 6. The highest BCUT2D eigenvalue weighted by molar-refractivity contribution is 9.10. The molecule has 0 unspecified atom stereocenters. The van der Waals surface area contributed by atoms with E-state index in [-0.39, 0.29) is 17.9 Å². The summed E-state index contributed by atoms with van der Waals surface area (Å²) in [6, 6.07) is 3.92. The SMILES string of the molecule is CCOCCOC(=O)c1cc([N+](=O)[O-])ccc1Br. The van der Waals surface area contributed by atoms with Crippen LogP contribution in [0.3, 0.4) is 0 Å². The van der Waals surface area contributed by atoms with E-state index in [1.807, 2.05) is 6.92 Å². The van der Waals surface area contributed by atoms with Gasteiger partial charge < -0.3 is 9.47 Å². The quantitative estimate of drug-likeness (QED) is 0.348. The highest BCUT2D eigenvalue weighted by Gasteiger charge is 2.16. The van der Waals surface area contributed by atoms with Crippen LogP contribution in [0.15, 0.2) is 22.7 Å². The van der Waals surface area contributed by atoms with E-state index < -0.39 is 10.9 Å². The third-order valence-electron chi connectivity index (χ3n) is 2.05. The predicted molar refractivity (Wildman–Crippen MR) is 67.6 cm³/mol. The highest BCUT2D eigenvalue weighted by Crippen LogP contribution is 2.23. The highest BCUT2D eigenvalue weighted by atomic mass is 79.9. The summed E-state index contributed by atoms with van der Waals surface area (Å²) in [7, 11) is 0. The first-order valence-electron chi connectivity index (χ1n) is 5.25. The Hall–Kier alpha value is -1.47. The van der Waals surface area contributed by atoms with E-state index in [2.05, 4.69) is 15.9 Å². The molecule has 1 aromatic rings. The molecule has 0 saturated carbocycles. The van der Waals surface area contributed by atoms with E-state index >= 15 is 0 Å². The predicted octanol–water partition coefficient (Wildman–Crippen LogP) is 2.55. The van der Waals surface area contributed by atoms with Crippen LogP contribution in [0, 0.1) is 10.1 Å². The summed E-state index contributed by atoms with van der Waals surface area (Å²) in [6.45, 7) is 2.79. The van der Waals surface area contributed by atoms with Gasteiger partial charge in [-0.3, -0.25) is 10.1 Å². The molecule has 0 N–H and O–H groups in total. The smallest absolute Gasteiger partial charge is 0.339 e. The second-order valence-electron chi connectivity index (χ2n) is 3.25. The zero-order chi connectivity index (χ0) is 13.5. The van der Waals surface area contributed by atoms with Gasteiger partial charge in [0.25, 0.3) is 5.69 Å². The van der Waals surface area contributed by atoms with Crippen LogP contribution in [0.4, 0.5) is 5.69 Å². The number of ether oxygens (including phenoxy) is 2. The number of hydrogen-bond donors (Lipinski definition) is 0. The zero-order valence-electron chi connectivity index (χ0n) is 9.72. The topological polar surface area (TPSA) is 78.7 Å². The number of non-ortho nitro benzene ring substituents is 1. The van der Waals surface area contributed by atoms with Gasteiger partial charge in [-0.15, -0.1) is 0 Å². The number of benzene rings is 1. The van der Waals surface area contributed by atoms with Crippen LogP contribution in [0.25, 0.3) is 0 Å². The molecule has 1 aromatic carbocycles. The summed E-state index contributed by atoms with van der Waals surface area (Å²) in [5.74, 6) is -0.620. The number of halogens is 1. The van der Waals surface area contributed by atoms with Crippen molar-refractivity contribution < 1.29 is 19.2 Å². The fourth-order valence-electron chi connectivity index (χ4n) is 1.20. The van der Waals surface area contributed by atoms with Gasteiger partial charge in [0.05, 0.1) is 17.1 Å². The average molecular weight is 318 g/mol. The summed E-state index contributed by atoms with van der Waals surface area (Å²) < 4.78 is 10.4. The maximum Gasteiger partial charge on any atom is 0.339 e. The van der Waals surface area contributed by atoms with E-state index in [0.717, 1.165) is 0 Å². The molecule has 0 aliphatic carbocycles. The molecule has 0 atom stereocenters. The van der Waals surface area contributed by atoms with E-state index in [1.54, 1.807) is 0 Å². The molecule has 0 spiro atoms. The molecule has 18 heavy (non-hydrogen) atoms. The van der Waals surface area contributed by atoms with E-state index in [9.17, 15) is 14.9 Å². The Morgan fingerprint density at radius 2 is 2.17 bits per heavy atom. The third-order valence-corrected chi connectivity index (χ3v) is 2.74. The Morgan fingerprint density at radius 1 is 1.44 bits per heavy atom. The Bertz CT molecular complexity index is 449. The Kier molecular flexibility index (Phi) is 5.73. The van der Waals surface area contributed by atoms with Crippen molar-refractivity contribution >= 4 is 27.6 Å². The number of nitro groups is 1. The molecular formula is C11H12BrNO5. The first kappa shape index (κ1) is 14.6. The Balaban J connectivity index is 2.72. The van der Waals surface area contributed by atoms with Crippen molar-refractivity contribution in [3.8, 4) is 0 Å². The van der Waals surface area contributed by atoms with Crippen LogP contribution < -0.4 is 0 Å². The molecule has 0 amide bonds. The number of esters is 1. The van der Waals surface area contributed by atoms with Crippen molar-refractivity contribution in [1.29, 1.82) is 0 Å². The number of hydrogen-bond acceptors (Lipinski definition) is 5. The van der Waals surface area contributed by atoms with Crippen molar-refractivity contribution in [1.82, 2.24) is 0 Å². The second-order valence-corrected chi connectivity index (χ2v) is 4.11. The molecule has 1 rings (SSSR count). The number of nitro benzene ring substituents is 1. The van der Waals surface area contributed by atoms with Gasteiger partial charge in [0.1, 0.15) is 6.61 Å². The fraction of sp³-hybridized carbons (Fsp3) is 0.364. The molecule has 0 aliphatic heterocycles. The lowest BCUT2D eigenvalue weighted by molar-refractivity contribution is -0.384. The summed E-state index contributed by atoms with van der Waals surface area (Å²) in [6.07, 6.45) is 0. The van der Waals surface area contributed by atoms with E-state index in [4.69, 9.17) is 9.47 Å². The van der Waals surface area contributed by atoms with Crippen molar-refractivity contribution in [3.63, 3.8) is 0 Å². The van der Waals surface area contributed by atoms with Crippen LogP contribution in [0.5, 0.6) is 0 Å². The van der Waals surface area contributed by atoms with Gasteiger partial charge in [-0.1, -0.05) is 0 Å². The van der Waals surface area contributed by atoms with Crippen LogP contribution in [0.1, 0.15) is 17.3 Å². The zero-order valence-corrected chi connectivity index (χ0v) is 11.3. The van der Waals surface area contributed by atoms with Crippen LogP contribution in [-0.2, 0) is 9.47 Å². The lowest BCUT2D eigenvalue weighted by atomic mass is 10.2. The van der Waals surface area contributed by atoms with Crippen molar-refractivity contribution in [3.05, 3.63) is 38.3 Å². The summed E-state index contributed by atoms with van der Waals surface area (Å²) in [5.41, 5.74) is -0.0318. The molecule has 0 heterocycles. The standard InChI is InChI=1S/C11H12BrNO5/c1-2-17-5-6-18-11(14)9-7-8(13(15)16)3-4-10(9)12/h3-4,7H,2,5-6H2,1H3. The maximum atomic E-state index is 11.7. The molecule has 0 radical (unpaired) electrons. The van der Waals surface area contributed by atoms with Crippen LogP contribution in [0.2, 0.25) is 0 Å². The third kappa shape index (κ3) is 4.08. The molecule has 0 fully saturated rings. The van der Waals surface area contributed by atoms with Gasteiger partial charge in [0, 0.05) is 23.2 Å². The van der Waals surface area contributed by atoms with Gasteiger partial charge in [-0.2, -0.15) is 0 Å². The minimum absolute atomic E-state index is 0.113. The van der Waals surface area contributed by atoms with Gasteiger partial charge >= 0.3 is 5.97 Å². The molecule has 7 heteroatoms. The Labute approximate surface area is 112 Å². The summed E-state index contributed by atoms with van der Waals surface area (Å²) >= 11 is 3.15. The van der Waals surface area contributed by atoms with Crippen molar-refractivity contribution in [2.24, 2.45) is 0 Å². The molecule has 0 saturated heterocycles. The monoisotopic (exact) mass is 317 g/mol. The molecule has 6 nitrogen and oxygen atoms in total. The minimum atomic E-state index is -0.620. The van der Waals surface area contributed by atoms with E-state index in [0.29, 0.717) is 17.7 Å². The molecular weight excluding hydrogens is 306 g/mol. The number of carbonyl (C=O) groups excluding carboxylic acids is 1. The average Bonchev–Trinajstić information content (AvgIpc) is 2.34. The van der Waals surface area contributed by atoms with Gasteiger partial charge in [-0.05, 0) is 28.9 Å². The number of nitrogens with zero attached hydrogens (tertiary/aromatic N) is 1. The molecule has 98 valence electrons. The van der Waals surface area contributed by atoms with Gasteiger partial charge in [0.2, 0.25) is 0 Å². The fourth-order valence-corrected chi connectivity index (χ4v) is 1.61. The van der Waals surface area contributed by atoms with Crippen molar-refractivity contribution in [2.75, 3.05) is 19.8 Å². The van der Waals surface area contributed by atoms with E-state index in [1.165, 1.54) is 18.2 Å². The first-order valence-corrected chi connectivity index (χ1v) is 6.04.